The molecule has 4 nitrogen and oxygen atoms in total. The molecule has 0 fully saturated rings. The van der Waals surface area contributed by atoms with Crippen LogP contribution in [0.4, 0.5) is 5.69 Å². The second kappa shape index (κ2) is 5.53. The van der Waals surface area contributed by atoms with Gasteiger partial charge in [-0.3, -0.25) is 8.89 Å². The molecule has 0 aliphatic carbocycles. The molecule has 1 atom stereocenters. The zero-order chi connectivity index (χ0) is 14.2. The van der Waals surface area contributed by atoms with Crippen molar-refractivity contribution in [2.75, 3.05) is 5.73 Å². The van der Waals surface area contributed by atoms with Gasteiger partial charge >= 0.3 is 0 Å². The topological polar surface area (TPSA) is 60.9 Å². The predicted molar refractivity (Wildman–Crippen MR) is 78.9 cm³/mol. The van der Waals surface area contributed by atoms with E-state index < -0.39 is 10.8 Å². The number of benzene rings is 1. The lowest BCUT2D eigenvalue weighted by Gasteiger charge is -2.07. The van der Waals surface area contributed by atoms with E-state index in [0.29, 0.717) is 20.6 Å². The van der Waals surface area contributed by atoms with Crippen LogP contribution < -0.4 is 5.73 Å². The van der Waals surface area contributed by atoms with Crippen LogP contribution in [0.5, 0.6) is 0 Å². The van der Waals surface area contributed by atoms with Crippen LogP contribution in [0, 0.1) is 6.92 Å². The molecule has 0 aliphatic heterocycles. The minimum absolute atomic E-state index is 0.266. The van der Waals surface area contributed by atoms with Gasteiger partial charge in [-0.2, -0.15) is 5.10 Å². The number of hydrogen-bond donors (Lipinski definition) is 1. The third-order valence-electron chi connectivity index (χ3n) is 2.75. The second-order valence-electron chi connectivity index (χ2n) is 4.14. The molecule has 2 aromatic rings. The Morgan fingerprint density at radius 2 is 2.11 bits per heavy atom. The monoisotopic (exact) mass is 317 g/mol. The van der Waals surface area contributed by atoms with Crippen molar-refractivity contribution in [3.05, 3.63) is 39.6 Å². The summed E-state index contributed by atoms with van der Waals surface area (Å²) in [6, 6.07) is 4.93. The molecule has 0 saturated carbocycles. The average Bonchev–Trinajstić information content (AvgIpc) is 2.56. The van der Waals surface area contributed by atoms with Crippen LogP contribution in [0.1, 0.15) is 11.4 Å². The Bertz CT molecular complexity index is 655. The lowest BCUT2D eigenvalue weighted by molar-refractivity contribution is 0.676. The van der Waals surface area contributed by atoms with E-state index in [4.69, 9.17) is 28.9 Å². The van der Waals surface area contributed by atoms with Crippen molar-refractivity contribution < 1.29 is 4.21 Å². The van der Waals surface area contributed by atoms with Gasteiger partial charge < -0.3 is 5.73 Å². The maximum absolute atomic E-state index is 12.3. The van der Waals surface area contributed by atoms with Crippen molar-refractivity contribution in [3.8, 4) is 0 Å². The van der Waals surface area contributed by atoms with Gasteiger partial charge in [0.25, 0.3) is 0 Å². The van der Waals surface area contributed by atoms with E-state index in [0.717, 1.165) is 11.4 Å². The molecule has 0 amide bonds. The summed E-state index contributed by atoms with van der Waals surface area (Å²) in [6.45, 7) is 1.81. The molecule has 0 spiro atoms. The van der Waals surface area contributed by atoms with Gasteiger partial charge in [-0.1, -0.05) is 23.2 Å². The van der Waals surface area contributed by atoms with Crippen LogP contribution in [0.3, 0.4) is 0 Å². The summed E-state index contributed by atoms with van der Waals surface area (Å²) < 4.78 is 14.0. The zero-order valence-corrected chi connectivity index (χ0v) is 12.8. The van der Waals surface area contributed by atoms with Crippen LogP contribution in [0.15, 0.2) is 23.1 Å². The molecule has 0 aliphatic rings. The first-order valence-corrected chi connectivity index (χ1v) is 7.59. The normalized spacial score (nSPS) is 12.6. The number of aromatic nitrogens is 2. The Morgan fingerprint density at radius 3 is 2.63 bits per heavy atom. The molecule has 0 bridgehead atoms. The first-order chi connectivity index (χ1) is 8.90. The van der Waals surface area contributed by atoms with Gasteiger partial charge in [-0.05, 0) is 25.1 Å². The van der Waals surface area contributed by atoms with E-state index in [1.54, 1.807) is 29.9 Å². The quantitative estimate of drug-likeness (QED) is 0.885. The fourth-order valence-electron chi connectivity index (χ4n) is 1.77. The summed E-state index contributed by atoms with van der Waals surface area (Å²) >= 11 is 12.0. The molecular formula is C12H13Cl2N3OS. The molecule has 19 heavy (non-hydrogen) atoms. The molecular weight excluding hydrogens is 305 g/mol. The van der Waals surface area contributed by atoms with Gasteiger partial charge in [0.15, 0.2) is 0 Å². The summed E-state index contributed by atoms with van der Waals surface area (Å²) in [6.07, 6.45) is 0. The molecule has 2 rings (SSSR count). The molecule has 1 aromatic carbocycles. The lowest BCUT2D eigenvalue weighted by atomic mass is 10.3. The van der Waals surface area contributed by atoms with Gasteiger partial charge in [-0.15, -0.1) is 0 Å². The van der Waals surface area contributed by atoms with E-state index in [1.165, 1.54) is 0 Å². The Morgan fingerprint density at radius 1 is 1.42 bits per heavy atom. The smallest absolute Gasteiger partial charge is 0.0856 e. The minimum Gasteiger partial charge on any atom is -0.398 e. The highest BCUT2D eigenvalue weighted by atomic mass is 35.5. The van der Waals surface area contributed by atoms with Crippen molar-refractivity contribution >= 4 is 39.7 Å². The summed E-state index contributed by atoms with van der Waals surface area (Å²) in [5, 5.41) is 5.26. The number of rotatable bonds is 3. The highest BCUT2D eigenvalue weighted by Gasteiger charge is 2.16. The van der Waals surface area contributed by atoms with Crippen molar-refractivity contribution in [1.82, 2.24) is 9.78 Å². The molecule has 1 aromatic heterocycles. The second-order valence-corrected chi connectivity index (χ2v) is 6.38. The highest BCUT2D eigenvalue weighted by molar-refractivity contribution is 7.84. The van der Waals surface area contributed by atoms with Crippen molar-refractivity contribution in [1.29, 1.82) is 0 Å². The Labute approximate surface area is 124 Å². The molecule has 2 N–H and O–H groups in total. The van der Waals surface area contributed by atoms with Crippen LogP contribution in [0.25, 0.3) is 0 Å². The van der Waals surface area contributed by atoms with Crippen molar-refractivity contribution in [3.63, 3.8) is 0 Å². The Hall–Kier alpha value is -1.04. The van der Waals surface area contributed by atoms with Crippen LogP contribution in [-0.2, 0) is 23.6 Å². The van der Waals surface area contributed by atoms with Crippen LogP contribution in [0.2, 0.25) is 10.0 Å². The SMILES string of the molecule is Cc1nn(C)c(CS(=O)c2ccc(Cl)cc2N)c1Cl. The molecule has 102 valence electrons. The van der Waals surface area contributed by atoms with Gasteiger partial charge in [0.1, 0.15) is 0 Å². The maximum Gasteiger partial charge on any atom is 0.0856 e. The van der Waals surface area contributed by atoms with Crippen molar-refractivity contribution in [2.24, 2.45) is 7.05 Å². The van der Waals surface area contributed by atoms with Crippen molar-refractivity contribution in [2.45, 2.75) is 17.6 Å². The maximum atomic E-state index is 12.3. The van der Waals surface area contributed by atoms with Gasteiger partial charge in [0.05, 0.1) is 37.9 Å². The molecule has 1 unspecified atom stereocenters. The van der Waals surface area contributed by atoms with Gasteiger partial charge in [0.2, 0.25) is 0 Å². The lowest BCUT2D eigenvalue weighted by Crippen LogP contribution is -2.05. The summed E-state index contributed by atoms with van der Waals surface area (Å²) in [5.74, 6) is 0.266. The van der Waals surface area contributed by atoms with E-state index in [9.17, 15) is 4.21 Å². The van der Waals surface area contributed by atoms with Gasteiger partial charge in [0, 0.05) is 17.8 Å². The Kier molecular flexibility index (Phi) is 4.18. The standard InChI is InChI=1S/C12H13Cl2N3OS/c1-7-12(14)10(17(2)16-7)6-19(18)11-4-3-8(13)5-9(11)15/h3-5H,6,15H2,1-2H3. The molecule has 0 radical (unpaired) electrons. The average molecular weight is 318 g/mol. The largest absolute Gasteiger partial charge is 0.398 e. The first-order valence-electron chi connectivity index (χ1n) is 5.51. The van der Waals surface area contributed by atoms with Crippen LogP contribution in [-0.4, -0.2) is 14.0 Å². The highest BCUT2D eigenvalue weighted by Crippen LogP contribution is 2.26. The summed E-state index contributed by atoms with van der Waals surface area (Å²) in [7, 11) is 0.484. The number of nitrogens with zero attached hydrogens (tertiary/aromatic N) is 2. The van der Waals surface area contributed by atoms with Crippen LogP contribution >= 0.6 is 23.2 Å². The Balaban J connectivity index is 2.31. The number of nitrogen functional groups attached to an aromatic ring is 1. The number of halogens is 2. The van der Waals surface area contributed by atoms with E-state index in [1.807, 2.05) is 6.92 Å². The fourth-order valence-corrected chi connectivity index (χ4v) is 3.53. The number of nitrogens with two attached hydrogens (primary N) is 1. The first kappa shape index (κ1) is 14.4. The zero-order valence-electron chi connectivity index (χ0n) is 10.5. The number of anilines is 1. The molecule has 1 heterocycles. The molecule has 7 heteroatoms. The van der Waals surface area contributed by atoms with E-state index >= 15 is 0 Å². The molecule has 0 saturated heterocycles. The van der Waals surface area contributed by atoms with E-state index in [2.05, 4.69) is 5.10 Å². The summed E-state index contributed by atoms with van der Waals surface area (Å²) in [5.41, 5.74) is 7.69. The van der Waals surface area contributed by atoms with Gasteiger partial charge in [-0.25, -0.2) is 0 Å². The number of aryl methyl sites for hydroxylation is 2. The predicted octanol–water partition coefficient (Wildman–Crippen LogP) is 2.93. The third-order valence-corrected chi connectivity index (χ3v) is 4.87. The van der Waals surface area contributed by atoms with E-state index in [-0.39, 0.29) is 5.75 Å². The number of hydrogen-bond acceptors (Lipinski definition) is 3. The third kappa shape index (κ3) is 2.94. The minimum atomic E-state index is -1.29. The fraction of sp³-hybridized carbons (Fsp3) is 0.250. The summed E-state index contributed by atoms with van der Waals surface area (Å²) in [4.78, 5) is 0.555.